The van der Waals surface area contributed by atoms with Crippen molar-refractivity contribution in [1.82, 2.24) is 9.80 Å². The quantitative estimate of drug-likeness (QED) is 0.417. The number of rotatable bonds is 7. The van der Waals surface area contributed by atoms with Crippen molar-refractivity contribution in [2.24, 2.45) is 0 Å². The number of nitrogens with zero attached hydrogens (tertiary/aromatic N) is 2. The van der Waals surface area contributed by atoms with Gasteiger partial charge in [0.1, 0.15) is 17.3 Å². The molecule has 1 heterocycles. The summed E-state index contributed by atoms with van der Waals surface area (Å²) in [5.41, 5.74) is 1.14. The number of carbonyl (C=O) groups is 2. The van der Waals surface area contributed by atoms with Gasteiger partial charge in [0, 0.05) is 24.2 Å². The van der Waals surface area contributed by atoms with Crippen molar-refractivity contribution in [3.63, 3.8) is 0 Å². The SMILES string of the molecule is CCOc1ccc(C(O)=C2C(=O)C(=O)N(CCN(C)C)[C@@H]2c2ccccc2F)c(C)c1. The number of aliphatic hydroxyl groups is 1. The molecule has 0 saturated carbocycles. The number of ether oxygens (including phenoxy) is 1. The van der Waals surface area contributed by atoms with Crippen LogP contribution < -0.4 is 4.74 Å². The minimum Gasteiger partial charge on any atom is -0.507 e. The molecule has 0 unspecified atom stereocenters. The summed E-state index contributed by atoms with van der Waals surface area (Å²) < 4.78 is 20.2. The Balaban J connectivity index is 2.16. The third-order valence-corrected chi connectivity index (χ3v) is 5.29. The maximum atomic E-state index is 14.7. The number of benzene rings is 2. The normalized spacial score (nSPS) is 18.1. The van der Waals surface area contributed by atoms with E-state index in [0.29, 0.717) is 30.0 Å². The minimum atomic E-state index is -1.01. The molecular formula is C24H27FN2O4. The minimum absolute atomic E-state index is 0.110. The summed E-state index contributed by atoms with van der Waals surface area (Å²) in [6.45, 7) is 4.84. The maximum absolute atomic E-state index is 14.7. The summed E-state index contributed by atoms with van der Waals surface area (Å²) >= 11 is 0. The van der Waals surface area contributed by atoms with Crippen LogP contribution in [0.2, 0.25) is 0 Å². The van der Waals surface area contributed by atoms with Crippen LogP contribution in [0.3, 0.4) is 0 Å². The number of hydrogen-bond donors (Lipinski definition) is 1. The van der Waals surface area contributed by atoms with E-state index in [1.54, 1.807) is 37.3 Å². The molecule has 6 nitrogen and oxygen atoms in total. The predicted octanol–water partition coefficient (Wildman–Crippen LogP) is 3.52. The van der Waals surface area contributed by atoms with Crippen LogP contribution in [0.1, 0.15) is 29.7 Å². The molecule has 2 aromatic rings. The first kappa shape index (κ1) is 22.5. The van der Waals surface area contributed by atoms with E-state index in [-0.39, 0.29) is 23.4 Å². The second kappa shape index (κ2) is 9.31. The van der Waals surface area contributed by atoms with Crippen LogP contribution in [-0.2, 0) is 9.59 Å². The van der Waals surface area contributed by atoms with Crippen LogP contribution in [0.25, 0.3) is 5.76 Å². The zero-order chi connectivity index (χ0) is 22.7. The van der Waals surface area contributed by atoms with Gasteiger partial charge in [0.15, 0.2) is 0 Å². The van der Waals surface area contributed by atoms with E-state index in [2.05, 4.69) is 0 Å². The second-order valence-electron chi connectivity index (χ2n) is 7.73. The lowest BCUT2D eigenvalue weighted by Crippen LogP contribution is -2.35. The first-order valence-corrected chi connectivity index (χ1v) is 10.2. The van der Waals surface area contributed by atoms with E-state index in [1.807, 2.05) is 25.9 Å². The highest BCUT2D eigenvalue weighted by atomic mass is 19.1. The summed E-state index contributed by atoms with van der Waals surface area (Å²) in [6.07, 6.45) is 0. The second-order valence-corrected chi connectivity index (χ2v) is 7.73. The number of aryl methyl sites for hydroxylation is 1. The summed E-state index contributed by atoms with van der Waals surface area (Å²) in [6, 6.07) is 10.1. The van der Waals surface area contributed by atoms with Crippen molar-refractivity contribution in [3.05, 3.63) is 70.5 Å². The average molecular weight is 426 g/mol. The summed E-state index contributed by atoms with van der Waals surface area (Å²) in [5, 5.41) is 11.1. The number of halogens is 1. The van der Waals surface area contributed by atoms with Crippen molar-refractivity contribution in [2.45, 2.75) is 19.9 Å². The molecule has 1 aliphatic rings. The zero-order valence-corrected chi connectivity index (χ0v) is 18.2. The summed E-state index contributed by atoms with van der Waals surface area (Å²) in [4.78, 5) is 29.0. The number of hydrogen-bond acceptors (Lipinski definition) is 5. The number of Topliss-reactive ketones (excluding diaryl/α,β-unsaturated/α-hetero) is 1. The van der Waals surface area contributed by atoms with Gasteiger partial charge >= 0.3 is 0 Å². The van der Waals surface area contributed by atoms with Crippen LogP contribution >= 0.6 is 0 Å². The van der Waals surface area contributed by atoms with Crippen molar-refractivity contribution in [1.29, 1.82) is 0 Å². The highest BCUT2D eigenvalue weighted by molar-refractivity contribution is 6.46. The predicted molar refractivity (Wildman–Crippen MR) is 116 cm³/mol. The van der Waals surface area contributed by atoms with E-state index in [9.17, 15) is 19.1 Å². The Kier molecular flexibility index (Phi) is 6.75. The Morgan fingerprint density at radius 3 is 2.52 bits per heavy atom. The van der Waals surface area contributed by atoms with Gasteiger partial charge in [-0.25, -0.2) is 4.39 Å². The van der Waals surface area contributed by atoms with Gasteiger partial charge in [-0.1, -0.05) is 18.2 Å². The van der Waals surface area contributed by atoms with Crippen LogP contribution in [0.5, 0.6) is 5.75 Å². The van der Waals surface area contributed by atoms with Gasteiger partial charge in [0.05, 0.1) is 18.2 Å². The van der Waals surface area contributed by atoms with Crippen LogP contribution in [0, 0.1) is 12.7 Å². The number of aliphatic hydroxyl groups excluding tert-OH is 1. The number of carbonyl (C=O) groups excluding carboxylic acids is 2. The molecule has 0 spiro atoms. The van der Waals surface area contributed by atoms with Gasteiger partial charge in [-0.15, -0.1) is 0 Å². The molecule has 3 rings (SSSR count). The first-order valence-electron chi connectivity index (χ1n) is 10.2. The molecule has 0 radical (unpaired) electrons. The molecule has 2 aromatic carbocycles. The molecule has 164 valence electrons. The Morgan fingerprint density at radius 2 is 1.90 bits per heavy atom. The number of ketones is 1. The number of likely N-dealkylation sites (tertiary alicyclic amines) is 1. The van der Waals surface area contributed by atoms with Gasteiger partial charge < -0.3 is 19.6 Å². The smallest absolute Gasteiger partial charge is 0.295 e. The van der Waals surface area contributed by atoms with Crippen LogP contribution in [-0.4, -0.2) is 60.4 Å². The third kappa shape index (κ3) is 4.46. The number of amides is 1. The lowest BCUT2D eigenvalue weighted by molar-refractivity contribution is -0.140. The van der Waals surface area contributed by atoms with Gasteiger partial charge in [-0.2, -0.15) is 0 Å². The Morgan fingerprint density at radius 1 is 1.19 bits per heavy atom. The monoisotopic (exact) mass is 426 g/mol. The van der Waals surface area contributed by atoms with E-state index in [4.69, 9.17) is 4.74 Å². The van der Waals surface area contributed by atoms with Crippen molar-refractivity contribution >= 4 is 17.4 Å². The van der Waals surface area contributed by atoms with Gasteiger partial charge in [-0.05, 0) is 57.8 Å². The molecule has 7 heteroatoms. The fourth-order valence-electron chi connectivity index (χ4n) is 3.74. The molecule has 1 saturated heterocycles. The summed E-state index contributed by atoms with van der Waals surface area (Å²) in [7, 11) is 3.69. The average Bonchev–Trinajstić information content (AvgIpc) is 2.97. The van der Waals surface area contributed by atoms with Crippen LogP contribution in [0.15, 0.2) is 48.0 Å². The lowest BCUT2D eigenvalue weighted by Gasteiger charge is -2.27. The third-order valence-electron chi connectivity index (χ3n) is 5.29. The van der Waals surface area contributed by atoms with Crippen molar-refractivity contribution in [3.8, 4) is 5.75 Å². The number of likely N-dealkylation sites (N-methyl/N-ethyl adjacent to an activating group) is 1. The highest BCUT2D eigenvalue weighted by Gasteiger charge is 2.46. The summed E-state index contributed by atoms with van der Waals surface area (Å²) in [5.74, 6) is -1.80. The molecule has 31 heavy (non-hydrogen) atoms. The fourth-order valence-corrected chi connectivity index (χ4v) is 3.74. The molecule has 1 atom stereocenters. The van der Waals surface area contributed by atoms with E-state index < -0.39 is 23.5 Å². The Labute approximate surface area is 181 Å². The van der Waals surface area contributed by atoms with Gasteiger partial charge in [0.25, 0.3) is 11.7 Å². The topological polar surface area (TPSA) is 70.1 Å². The van der Waals surface area contributed by atoms with E-state index >= 15 is 0 Å². The van der Waals surface area contributed by atoms with Crippen LogP contribution in [0.4, 0.5) is 4.39 Å². The standard InChI is InChI=1S/C24H27FN2O4/c1-5-31-16-10-11-17(15(2)14-16)22(28)20-21(18-8-6-7-9-19(18)25)27(13-12-26(3)4)24(30)23(20)29/h6-11,14,21,28H,5,12-13H2,1-4H3/t21-/m1/s1. The Hall–Kier alpha value is -3.19. The Bertz CT molecular complexity index is 1030. The molecule has 0 aliphatic carbocycles. The highest BCUT2D eigenvalue weighted by Crippen LogP contribution is 2.40. The molecule has 1 N–H and O–H groups in total. The molecule has 1 aliphatic heterocycles. The lowest BCUT2D eigenvalue weighted by atomic mass is 9.93. The van der Waals surface area contributed by atoms with Crippen molar-refractivity contribution < 1.29 is 23.8 Å². The zero-order valence-electron chi connectivity index (χ0n) is 18.2. The van der Waals surface area contributed by atoms with Gasteiger partial charge in [0.2, 0.25) is 0 Å². The molecule has 1 fully saturated rings. The molecule has 0 bridgehead atoms. The molecule has 0 aromatic heterocycles. The fraction of sp³-hybridized carbons (Fsp3) is 0.333. The largest absolute Gasteiger partial charge is 0.507 e. The van der Waals surface area contributed by atoms with Gasteiger partial charge in [-0.3, -0.25) is 9.59 Å². The maximum Gasteiger partial charge on any atom is 0.295 e. The van der Waals surface area contributed by atoms with E-state index in [0.717, 1.165) is 0 Å². The van der Waals surface area contributed by atoms with E-state index in [1.165, 1.54) is 17.0 Å². The first-order chi connectivity index (χ1) is 14.8. The van der Waals surface area contributed by atoms with Crippen molar-refractivity contribution in [2.75, 3.05) is 33.8 Å². The molecule has 1 amide bonds. The molecular weight excluding hydrogens is 399 g/mol.